The maximum Gasteiger partial charge on any atom is 0.300 e. The van der Waals surface area contributed by atoms with Gasteiger partial charge in [-0.1, -0.05) is 23.7 Å². The number of aryl methyl sites for hydroxylation is 1. The smallest absolute Gasteiger partial charge is 0.300 e. The van der Waals surface area contributed by atoms with Gasteiger partial charge in [-0.15, -0.1) is 0 Å². The van der Waals surface area contributed by atoms with E-state index in [1.807, 2.05) is 13.0 Å². The molecule has 0 radical (unpaired) electrons. The van der Waals surface area contributed by atoms with Crippen LogP contribution in [0.1, 0.15) is 21.6 Å². The number of hydrogen-bond acceptors (Lipinski definition) is 4. The minimum atomic E-state index is -0.663. The Labute approximate surface area is 125 Å². The fourth-order valence-corrected chi connectivity index (χ4v) is 2.09. The minimum Gasteiger partial charge on any atom is -0.346 e. The summed E-state index contributed by atoms with van der Waals surface area (Å²) < 4.78 is 0. The first-order valence-electron chi connectivity index (χ1n) is 6.12. The van der Waals surface area contributed by atoms with Gasteiger partial charge in [-0.05, 0) is 30.7 Å². The lowest BCUT2D eigenvalue weighted by atomic mass is 10.1. The fourth-order valence-electron chi connectivity index (χ4n) is 1.85. The number of benzene rings is 1. The summed E-state index contributed by atoms with van der Waals surface area (Å²) in [5, 5.41) is 13.6. The predicted molar refractivity (Wildman–Crippen MR) is 78.3 cm³/mol. The van der Waals surface area contributed by atoms with Crippen LogP contribution in [0.2, 0.25) is 5.02 Å². The molecule has 1 aromatic heterocycles. The number of aromatic nitrogens is 1. The lowest BCUT2D eigenvalue weighted by Crippen LogP contribution is -2.24. The average Bonchev–Trinajstić information content (AvgIpc) is 2.45. The van der Waals surface area contributed by atoms with Crippen LogP contribution < -0.4 is 5.32 Å². The molecule has 1 aromatic carbocycles. The predicted octanol–water partition coefficient (Wildman–Crippen LogP) is 2.88. The van der Waals surface area contributed by atoms with Crippen molar-refractivity contribution in [3.8, 4) is 0 Å². The molecule has 7 heteroatoms. The standard InChI is InChI=1S/C14H12ClN3O3/c1-9-4-3-7-16-12(9)8-17-14(19)10-5-2-6-11(15)13(10)18(20)21/h2-7H,8H2,1H3,(H,17,19). The zero-order valence-corrected chi connectivity index (χ0v) is 11.9. The van der Waals surface area contributed by atoms with E-state index in [-0.39, 0.29) is 17.1 Å². The number of carbonyl (C=O) groups excluding carboxylic acids is 1. The van der Waals surface area contributed by atoms with Crippen LogP contribution in [0.15, 0.2) is 36.5 Å². The molecule has 0 aliphatic rings. The molecule has 0 bridgehead atoms. The fraction of sp³-hybridized carbons (Fsp3) is 0.143. The van der Waals surface area contributed by atoms with Crippen LogP contribution in [-0.2, 0) is 6.54 Å². The number of pyridine rings is 1. The number of carbonyl (C=O) groups is 1. The highest BCUT2D eigenvalue weighted by molar-refractivity contribution is 6.33. The summed E-state index contributed by atoms with van der Waals surface area (Å²) in [6.07, 6.45) is 1.62. The maximum atomic E-state index is 12.1. The second-order valence-corrected chi connectivity index (χ2v) is 4.75. The van der Waals surface area contributed by atoms with Gasteiger partial charge in [0.25, 0.3) is 5.91 Å². The van der Waals surface area contributed by atoms with Gasteiger partial charge in [0.05, 0.1) is 17.2 Å². The third-order valence-electron chi connectivity index (χ3n) is 2.95. The molecule has 2 aromatic rings. The van der Waals surface area contributed by atoms with Crippen molar-refractivity contribution in [3.05, 3.63) is 68.5 Å². The second-order valence-electron chi connectivity index (χ2n) is 4.34. The number of nitrogens with one attached hydrogen (secondary N) is 1. The van der Waals surface area contributed by atoms with E-state index < -0.39 is 16.5 Å². The Hall–Kier alpha value is -2.47. The Morgan fingerprint density at radius 1 is 1.38 bits per heavy atom. The summed E-state index contributed by atoms with van der Waals surface area (Å²) >= 11 is 5.78. The summed E-state index contributed by atoms with van der Waals surface area (Å²) in [5.41, 5.74) is 1.17. The first-order chi connectivity index (χ1) is 10.0. The van der Waals surface area contributed by atoms with E-state index >= 15 is 0 Å². The maximum absolute atomic E-state index is 12.1. The van der Waals surface area contributed by atoms with Crippen molar-refractivity contribution in [2.75, 3.05) is 0 Å². The molecular formula is C14H12ClN3O3. The molecule has 2 rings (SSSR count). The van der Waals surface area contributed by atoms with E-state index in [1.54, 1.807) is 12.3 Å². The number of halogens is 1. The molecule has 0 atom stereocenters. The van der Waals surface area contributed by atoms with Crippen LogP contribution >= 0.6 is 11.6 Å². The van der Waals surface area contributed by atoms with Crippen molar-refractivity contribution < 1.29 is 9.72 Å². The van der Waals surface area contributed by atoms with Gasteiger partial charge in [0, 0.05) is 6.20 Å². The third-order valence-corrected chi connectivity index (χ3v) is 3.25. The molecule has 0 spiro atoms. The van der Waals surface area contributed by atoms with Crippen molar-refractivity contribution in [1.29, 1.82) is 0 Å². The van der Waals surface area contributed by atoms with Gasteiger partial charge >= 0.3 is 5.69 Å². The van der Waals surface area contributed by atoms with Crippen LogP contribution in [0.5, 0.6) is 0 Å². The van der Waals surface area contributed by atoms with E-state index in [1.165, 1.54) is 18.2 Å². The summed E-state index contributed by atoms with van der Waals surface area (Å²) in [6.45, 7) is 2.06. The molecule has 0 unspecified atom stereocenters. The van der Waals surface area contributed by atoms with E-state index in [2.05, 4.69) is 10.3 Å². The molecule has 1 heterocycles. The Morgan fingerprint density at radius 3 is 2.81 bits per heavy atom. The van der Waals surface area contributed by atoms with Gasteiger partial charge in [0.15, 0.2) is 0 Å². The van der Waals surface area contributed by atoms with Gasteiger partial charge in [0.2, 0.25) is 0 Å². The highest BCUT2D eigenvalue weighted by Gasteiger charge is 2.23. The topological polar surface area (TPSA) is 85.1 Å². The first-order valence-corrected chi connectivity index (χ1v) is 6.50. The van der Waals surface area contributed by atoms with Crippen molar-refractivity contribution in [3.63, 3.8) is 0 Å². The van der Waals surface area contributed by atoms with E-state index in [9.17, 15) is 14.9 Å². The number of para-hydroxylation sites is 1. The highest BCUT2D eigenvalue weighted by atomic mass is 35.5. The van der Waals surface area contributed by atoms with Gasteiger partial charge in [-0.3, -0.25) is 19.9 Å². The van der Waals surface area contributed by atoms with Crippen molar-refractivity contribution in [1.82, 2.24) is 10.3 Å². The van der Waals surface area contributed by atoms with Gasteiger partial charge in [-0.2, -0.15) is 0 Å². The Morgan fingerprint density at radius 2 is 2.14 bits per heavy atom. The molecule has 21 heavy (non-hydrogen) atoms. The average molecular weight is 306 g/mol. The number of nitrogens with zero attached hydrogens (tertiary/aromatic N) is 2. The normalized spacial score (nSPS) is 10.2. The van der Waals surface area contributed by atoms with Crippen LogP contribution in [0.3, 0.4) is 0 Å². The SMILES string of the molecule is Cc1cccnc1CNC(=O)c1cccc(Cl)c1[N+](=O)[O-]. The number of amides is 1. The molecular weight excluding hydrogens is 294 g/mol. The van der Waals surface area contributed by atoms with Crippen LogP contribution in [0.4, 0.5) is 5.69 Å². The van der Waals surface area contributed by atoms with Gasteiger partial charge in [-0.25, -0.2) is 0 Å². The zero-order chi connectivity index (χ0) is 15.4. The summed E-state index contributed by atoms with van der Waals surface area (Å²) in [5.74, 6) is -0.561. The van der Waals surface area contributed by atoms with E-state index in [4.69, 9.17) is 11.6 Å². The zero-order valence-electron chi connectivity index (χ0n) is 11.2. The summed E-state index contributed by atoms with van der Waals surface area (Å²) in [7, 11) is 0. The van der Waals surface area contributed by atoms with Crippen LogP contribution in [0.25, 0.3) is 0 Å². The van der Waals surface area contributed by atoms with Gasteiger partial charge < -0.3 is 5.32 Å². The minimum absolute atomic E-state index is 0.0679. The quantitative estimate of drug-likeness (QED) is 0.695. The number of nitro benzene ring substituents is 1. The van der Waals surface area contributed by atoms with Crippen molar-refractivity contribution in [2.45, 2.75) is 13.5 Å². The van der Waals surface area contributed by atoms with E-state index in [0.717, 1.165) is 5.56 Å². The number of hydrogen-bond donors (Lipinski definition) is 1. The molecule has 1 amide bonds. The summed E-state index contributed by atoms with van der Waals surface area (Å²) in [6, 6.07) is 7.90. The Balaban J connectivity index is 2.20. The first kappa shape index (κ1) is 14.9. The van der Waals surface area contributed by atoms with Crippen molar-refractivity contribution >= 4 is 23.2 Å². The van der Waals surface area contributed by atoms with Gasteiger partial charge in [0.1, 0.15) is 10.6 Å². The molecule has 6 nitrogen and oxygen atoms in total. The lowest BCUT2D eigenvalue weighted by molar-refractivity contribution is -0.385. The molecule has 0 saturated heterocycles. The second kappa shape index (κ2) is 6.32. The Kier molecular flexibility index (Phi) is 4.49. The molecule has 0 saturated carbocycles. The molecule has 108 valence electrons. The number of nitro groups is 1. The van der Waals surface area contributed by atoms with Crippen LogP contribution in [0, 0.1) is 17.0 Å². The molecule has 0 aliphatic carbocycles. The number of rotatable bonds is 4. The molecule has 1 N–H and O–H groups in total. The van der Waals surface area contributed by atoms with Crippen LogP contribution in [-0.4, -0.2) is 15.8 Å². The largest absolute Gasteiger partial charge is 0.346 e. The monoisotopic (exact) mass is 305 g/mol. The summed E-state index contributed by atoms with van der Waals surface area (Å²) in [4.78, 5) is 26.6. The molecule has 0 fully saturated rings. The highest BCUT2D eigenvalue weighted by Crippen LogP contribution is 2.28. The Bertz CT molecular complexity index is 704. The van der Waals surface area contributed by atoms with Crippen molar-refractivity contribution in [2.24, 2.45) is 0 Å². The third kappa shape index (κ3) is 3.35. The van der Waals surface area contributed by atoms with E-state index in [0.29, 0.717) is 5.69 Å². The lowest BCUT2D eigenvalue weighted by Gasteiger charge is -2.07. The molecule has 0 aliphatic heterocycles.